The average molecular weight is 212 g/mol. The van der Waals surface area contributed by atoms with Gasteiger partial charge in [0.15, 0.2) is 0 Å². The minimum Gasteiger partial charge on any atom is -0.466 e. The molecule has 84 valence electrons. The molecule has 15 heavy (non-hydrogen) atoms. The van der Waals surface area contributed by atoms with Crippen molar-refractivity contribution in [3.8, 4) is 0 Å². The SMILES string of the molecule is COC(=O)/C=C1\CC(OC)CC2O[C@]12C. The third-order valence-corrected chi connectivity index (χ3v) is 3.33. The molecule has 1 saturated heterocycles. The molecule has 0 bridgehead atoms. The molecule has 0 aromatic rings. The average Bonchev–Trinajstić information content (AvgIpc) is 2.90. The van der Waals surface area contributed by atoms with Crippen LogP contribution in [0.3, 0.4) is 0 Å². The van der Waals surface area contributed by atoms with E-state index in [0.717, 1.165) is 18.4 Å². The lowest BCUT2D eigenvalue weighted by atomic mass is 9.83. The van der Waals surface area contributed by atoms with Gasteiger partial charge in [-0.3, -0.25) is 0 Å². The van der Waals surface area contributed by atoms with Gasteiger partial charge in [0.2, 0.25) is 0 Å². The van der Waals surface area contributed by atoms with Crippen molar-refractivity contribution in [2.45, 2.75) is 37.6 Å². The van der Waals surface area contributed by atoms with Crippen molar-refractivity contribution in [2.75, 3.05) is 14.2 Å². The van der Waals surface area contributed by atoms with E-state index in [0.29, 0.717) is 0 Å². The summed E-state index contributed by atoms with van der Waals surface area (Å²) in [6.45, 7) is 2.01. The molecule has 4 nitrogen and oxygen atoms in total. The van der Waals surface area contributed by atoms with Crippen LogP contribution in [0.2, 0.25) is 0 Å². The van der Waals surface area contributed by atoms with E-state index in [1.165, 1.54) is 13.2 Å². The van der Waals surface area contributed by atoms with Crippen LogP contribution in [0.25, 0.3) is 0 Å². The Morgan fingerprint density at radius 3 is 2.93 bits per heavy atom. The van der Waals surface area contributed by atoms with Crippen LogP contribution in [0.4, 0.5) is 0 Å². The standard InChI is InChI=1S/C11H16O4/c1-11-7(5-10(12)14-3)4-8(13-2)6-9(11)15-11/h5,8-9H,4,6H2,1-3H3/b7-5+/t8?,9?,11-/m1/s1. The van der Waals surface area contributed by atoms with Gasteiger partial charge in [0.25, 0.3) is 0 Å². The number of epoxide rings is 1. The lowest BCUT2D eigenvalue weighted by Gasteiger charge is -2.24. The van der Waals surface area contributed by atoms with Gasteiger partial charge < -0.3 is 14.2 Å². The number of carbonyl (C=O) groups is 1. The maximum atomic E-state index is 11.2. The van der Waals surface area contributed by atoms with Crippen LogP contribution >= 0.6 is 0 Å². The zero-order chi connectivity index (χ0) is 11.1. The Hall–Kier alpha value is -0.870. The summed E-state index contributed by atoms with van der Waals surface area (Å²) in [5.74, 6) is -0.322. The molecule has 4 heteroatoms. The number of esters is 1. The number of hydrogen-bond donors (Lipinski definition) is 0. The number of ether oxygens (including phenoxy) is 3. The molecule has 1 heterocycles. The normalized spacial score (nSPS) is 41.1. The molecule has 2 unspecified atom stereocenters. The van der Waals surface area contributed by atoms with E-state index >= 15 is 0 Å². The molecule has 1 aliphatic carbocycles. The van der Waals surface area contributed by atoms with E-state index in [4.69, 9.17) is 9.47 Å². The van der Waals surface area contributed by atoms with Crippen LogP contribution < -0.4 is 0 Å². The summed E-state index contributed by atoms with van der Waals surface area (Å²) < 4.78 is 15.5. The van der Waals surface area contributed by atoms with Crippen molar-refractivity contribution in [2.24, 2.45) is 0 Å². The Morgan fingerprint density at radius 2 is 2.33 bits per heavy atom. The molecule has 0 aromatic heterocycles. The molecule has 2 fully saturated rings. The second-order valence-electron chi connectivity index (χ2n) is 4.20. The minimum atomic E-state index is -0.322. The second kappa shape index (κ2) is 3.61. The predicted molar refractivity (Wildman–Crippen MR) is 53.4 cm³/mol. The van der Waals surface area contributed by atoms with Gasteiger partial charge in [0, 0.05) is 19.6 Å². The molecule has 2 rings (SSSR count). The zero-order valence-electron chi connectivity index (χ0n) is 9.28. The highest BCUT2D eigenvalue weighted by molar-refractivity contribution is 5.83. The van der Waals surface area contributed by atoms with Gasteiger partial charge in [-0.2, -0.15) is 0 Å². The first-order chi connectivity index (χ1) is 7.10. The molecule has 0 spiro atoms. The van der Waals surface area contributed by atoms with Gasteiger partial charge in [0.05, 0.1) is 19.3 Å². The highest BCUT2D eigenvalue weighted by atomic mass is 16.6. The maximum absolute atomic E-state index is 11.2. The van der Waals surface area contributed by atoms with Crippen LogP contribution in [-0.2, 0) is 19.0 Å². The summed E-state index contributed by atoms with van der Waals surface area (Å²) in [5, 5.41) is 0. The van der Waals surface area contributed by atoms with Gasteiger partial charge in [0.1, 0.15) is 5.60 Å². The van der Waals surface area contributed by atoms with Crippen LogP contribution in [0.15, 0.2) is 11.6 Å². The predicted octanol–water partition coefficient (Wildman–Crippen LogP) is 1.05. The molecule has 0 aromatic carbocycles. The van der Waals surface area contributed by atoms with Crippen molar-refractivity contribution in [3.63, 3.8) is 0 Å². The zero-order valence-corrected chi connectivity index (χ0v) is 9.28. The first kappa shape index (κ1) is 10.6. The van der Waals surface area contributed by atoms with Gasteiger partial charge in [-0.15, -0.1) is 0 Å². The number of carbonyl (C=O) groups excluding carboxylic acids is 1. The molecule has 1 saturated carbocycles. The van der Waals surface area contributed by atoms with Crippen LogP contribution in [-0.4, -0.2) is 38.0 Å². The van der Waals surface area contributed by atoms with Gasteiger partial charge in [-0.25, -0.2) is 4.79 Å². The van der Waals surface area contributed by atoms with Crippen LogP contribution in [0.1, 0.15) is 19.8 Å². The lowest BCUT2D eigenvalue weighted by Crippen LogP contribution is -2.29. The van der Waals surface area contributed by atoms with Crippen molar-refractivity contribution in [1.29, 1.82) is 0 Å². The molecular weight excluding hydrogens is 196 g/mol. The third-order valence-electron chi connectivity index (χ3n) is 3.33. The smallest absolute Gasteiger partial charge is 0.330 e. The molecule has 1 aliphatic heterocycles. The fourth-order valence-corrected chi connectivity index (χ4v) is 2.17. The van der Waals surface area contributed by atoms with Crippen LogP contribution in [0.5, 0.6) is 0 Å². The first-order valence-electron chi connectivity index (χ1n) is 5.09. The Morgan fingerprint density at radius 1 is 1.60 bits per heavy atom. The first-order valence-corrected chi connectivity index (χ1v) is 5.09. The van der Waals surface area contributed by atoms with E-state index < -0.39 is 0 Å². The highest BCUT2D eigenvalue weighted by Gasteiger charge is 2.58. The molecular formula is C11H16O4. The monoisotopic (exact) mass is 212 g/mol. The van der Waals surface area contributed by atoms with Gasteiger partial charge >= 0.3 is 5.97 Å². The van der Waals surface area contributed by atoms with Gasteiger partial charge in [-0.1, -0.05) is 0 Å². The van der Waals surface area contributed by atoms with E-state index in [9.17, 15) is 4.79 Å². The third kappa shape index (κ3) is 1.79. The molecule has 0 amide bonds. The Labute approximate surface area is 89.2 Å². The molecule has 0 radical (unpaired) electrons. The Kier molecular flexibility index (Phi) is 2.56. The lowest BCUT2D eigenvalue weighted by molar-refractivity contribution is -0.134. The number of methoxy groups -OCH3 is 2. The molecule has 3 atom stereocenters. The molecule has 2 aliphatic rings. The summed E-state index contributed by atoms with van der Waals surface area (Å²) in [7, 11) is 3.06. The van der Waals surface area contributed by atoms with Crippen molar-refractivity contribution < 1.29 is 19.0 Å². The summed E-state index contributed by atoms with van der Waals surface area (Å²) in [5.41, 5.74) is 0.737. The van der Waals surface area contributed by atoms with Crippen molar-refractivity contribution >= 4 is 5.97 Å². The van der Waals surface area contributed by atoms with Crippen molar-refractivity contribution in [1.82, 2.24) is 0 Å². The number of hydrogen-bond acceptors (Lipinski definition) is 4. The number of fused-ring (bicyclic) bond motifs is 1. The van der Waals surface area contributed by atoms with Crippen LogP contribution in [0, 0.1) is 0 Å². The van der Waals surface area contributed by atoms with Crippen molar-refractivity contribution in [3.05, 3.63) is 11.6 Å². The topological polar surface area (TPSA) is 48.1 Å². The maximum Gasteiger partial charge on any atom is 0.330 e. The fraction of sp³-hybridized carbons (Fsp3) is 0.727. The highest BCUT2D eigenvalue weighted by Crippen LogP contribution is 2.51. The van der Waals surface area contributed by atoms with E-state index in [1.807, 2.05) is 6.92 Å². The summed E-state index contributed by atoms with van der Waals surface area (Å²) in [4.78, 5) is 11.2. The van der Waals surface area contributed by atoms with E-state index in [1.54, 1.807) is 7.11 Å². The second-order valence-corrected chi connectivity index (χ2v) is 4.20. The van der Waals surface area contributed by atoms with E-state index in [2.05, 4.69) is 4.74 Å². The van der Waals surface area contributed by atoms with E-state index in [-0.39, 0.29) is 23.8 Å². The summed E-state index contributed by atoms with van der Waals surface area (Å²) in [6, 6.07) is 0. The summed E-state index contributed by atoms with van der Waals surface area (Å²) in [6.07, 6.45) is 3.54. The number of rotatable bonds is 2. The summed E-state index contributed by atoms with van der Waals surface area (Å²) >= 11 is 0. The fourth-order valence-electron chi connectivity index (χ4n) is 2.17. The largest absolute Gasteiger partial charge is 0.466 e. The Balaban J connectivity index is 2.15. The minimum absolute atomic E-state index is 0.154. The Bertz CT molecular complexity index is 310. The molecule has 0 N–H and O–H groups in total. The quantitative estimate of drug-likeness (QED) is 0.390. The van der Waals surface area contributed by atoms with Gasteiger partial charge in [-0.05, 0) is 18.9 Å².